The molecule has 5 heteroatoms. The van der Waals surface area contributed by atoms with E-state index < -0.39 is 0 Å². The molecule has 1 aromatic rings. The van der Waals surface area contributed by atoms with Gasteiger partial charge in [0.25, 0.3) is 0 Å². The SMILES string of the molecule is Cn1cc(CN2CCC3NCCC3C2)nn1. The summed E-state index contributed by atoms with van der Waals surface area (Å²) < 4.78 is 1.78. The van der Waals surface area contributed by atoms with Gasteiger partial charge in [0.15, 0.2) is 0 Å². The molecule has 3 heterocycles. The van der Waals surface area contributed by atoms with Gasteiger partial charge in [-0.15, -0.1) is 5.10 Å². The van der Waals surface area contributed by atoms with E-state index in [-0.39, 0.29) is 0 Å². The number of nitrogens with one attached hydrogen (secondary N) is 1. The molecule has 2 fully saturated rings. The number of aryl methyl sites for hydroxylation is 1. The molecule has 2 aliphatic heterocycles. The Balaban J connectivity index is 1.60. The Labute approximate surface area is 95.8 Å². The van der Waals surface area contributed by atoms with Crippen LogP contribution in [0.1, 0.15) is 18.5 Å². The average Bonchev–Trinajstić information content (AvgIpc) is 2.87. The van der Waals surface area contributed by atoms with E-state index in [0.29, 0.717) is 0 Å². The van der Waals surface area contributed by atoms with E-state index in [0.717, 1.165) is 24.2 Å². The van der Waals surface area contributed by atoms with Crippen molar-refractivity contribution in [1.29, 1.82) is 0 Å². The molecule has 2 aliphatic rings. The largest absolute Gasteiger partial charge is 0.314 e. The summed E-state index contributed by atoms with van der Waals surface area (Å²) in [6, 6.07) is 0.776. The lowest BCUT2D eigenvalue weighted by Gasteiger charge is -2.34. The van der Waals surface area contributed by atoms with Crippen LogP contribution in [-0.4, -0.2) is 45.6 Å². The van der Waals surface area contributed by atoms with Crippen LogP contribution in [0.25, 0.3) is 0 Å². The quantitative estimate of drug-likeness (QED) is 0.763. The van der Waals surface area contributed by atoms with Gasteiger partial charge in [0, 0.05) is 38.9 Å². The van der Waals surface area contributed by atoms with E-state index in [9.17, 15) is 0 Å². The number of hydrogen-bond donors (Lipinski definition) is 1. The fourth-order valence-corrected chi connectivity index (χ4v) is 2.96. The topological polar surface area (TPSA) is 46.0 Å². The minimum absolute atomic E-state index is 0.776. The van der Waals surface area contributed by atoms with Crippen molar-refractivity contribution >= 4 is 0 Å². The normalized spacial score (nSPS) is 30.6. The Kier molecular flexibility index (Phi) is 2.65. The number of likely N-dealkylation sites (tertiary alicyclic amines) is 1. The van der Waals surface area contributed by atoms with Gasteiger partial charge in [-0.1, -0.05) is 5.21 Å². The number of aromatic nitrogens is 3. The van der Waals surface area contributed by atoms with Crippen LogP contribution in [0, 0.1) is 5.92 Å². The number of rotatable bonds is 2. The second-order valence-corrected chi connectivity index (χ2v) is 5.02. The molecule has 1 N–H and O–H groups in total. The highest BCUT2D eigenvalue weighted by atomic mass is 15.4. The van der Waals surface area contributed by atoms with Crippen LogP contribution >= 0.6 is 0 Å². The zero-order valence-corrected chi connectivity index (χ0v) is 9.76. The lowest BCUT2D eigenvalue weighted by atomic mass is 9.93. The third-order valence-electron chi connectivity index (χ3n) is 3.78. The van der Waals surface area contributed by atoms with Crippen molar-refractivity contribution in [2.24, 2.45) is 13.0 Å². The summed E-state index contributed by atoms with van der Waals surface area (Å²) in [7, 11) is 1.92. The van der Waals surface area contributed by atoms with Gasteiger partial charge in [-0.3, -0.25) is 9.58 Å². The van der Waals surface area contributed by atoms with Crippen molar-refractivity contribution in [2.45, 2.75) is 25.4 Å². The molecule has 0 amide bonds. The summed E-state index contributed by atoms with van der Waals surface area (Å²) in [5, 5.41) is 11.7. The van der Waals surface area contributed by atoms with E-state index in [1.807, 2.05) is 13.2 Å². The first-order valence-electron chi connectivity index (χ1n) is 6.12. The molecule has 0 aliphatic carbocycles. The monoisotopic (exact) mass is 221 g/mol. The second-order valence-electron chi connectivity index (χ2n) is 5.02. The van der Waals surface area contributed by atoms with E-state index >= 15 is 0 Å². The Morgan fingerprint density at radius 3 is 3.25 bits per heavy atom. The van der Waals surface area contributed by atoms with Crippen molar-refractivity contribution in [3.8, 4) is 0 Å². The van der Waals surface area contributed by atoms with Gasteiger partial charge in [0.05, 0.1) is 5.69 Å². The average molecular weight is 221 g/mol. The van der Waals surface area contributed by atoms with Crippen molar-refractivity contribution in [3.63, 3.8) is 0 Å². The first-order chi connectivity index (χ1) is 7.81. The first kappa shape index (κ1) is 10.2. The van der Waals surface area contributed by atoms with Gasteiger partial charge in [-0.05, 0) is 25.3 Å². The highest BCUT2D eigenvalue weighted by Crippen LogP contribution is 2.25. The standard InChI is InChI=1S/C11H19N5/c1-15-7-10(13-14-15)8-16-5-3-11-9(6-16)2-4-12-11/h7,9,11-12H,2-6,8H2,1H3. The van der Waals surface area contributed by atoms with Crippen LogP contribution in [0.4, 0.5) is 0 Å². The maximum absolute atomic E-state index is 4.15. The molecule has 0 radical (unpaired) electrons. The third-order valence-corrected chi connectivity index (χ3v) is 3.78. The van der Waals surface area contributed by atoms with Crippen LogP contribution in [0.3, 0.4) is 0 Å². The molecule has 2 atom stereocenters. The Hall–Kier alpha value is -0.940. The molecule has 88 valence electrons. The molecule has 1 aromatic heterocycles. The summed E-state index contributed by atoms with van der Waals surface area (Å²) in [6.45, 7) is 4.56. The molecule has 0 saturated carbocycles. The molecule has 3 rings (SSSR count). The molecule has 2 unspecified atom stereocenters. The second kappa shape index (κ2) is 4.14. The van der Waals surface area contributed by atoms with Crippen molar-refractivity contribution in [2.75, 3.05) is 19.6 Å². The Morgan fingerprint density at radius 1 is 1.50 bits per heavy atom. The lowest BCUT2D eigenvalue weighted by Crippen LogP contribution is -2.43. The smallest absolute Gasteiger partial charge is 0.0967 e. The maximum atomic E-state index is 4.15. The fourth-order valence-electron chi connectivity index (χ4n) is 2.96. The van der Waals surface area contributed by atoms with Gasteiger partial charge in [-0.25, -0.2) is 0 Å². The fraction of sp³-hybridized carbons (Fsp3) is 0.818. The summed E-state index contributed by atoms with van der Waals surface area (Å²) in [5.41, 5.74) is 1.09. The van der Waals surface area contributed by atoms with Crippen molar-refractivity contribution < 1.29 is 0 Å². The van der Waals surface area contributed by atoms with Gasteiger partial charge in [0.2, 0.25) is 0 Å². The van der Waals surface area contributed by atoms with E-state index in [2.05, 4.69) is 20.5 Å². The Bertz CT molecular complexity index is 361. The lowest BCUT2D eigenvalue weighted by molar-refractivity contribution is 0.154. The number of nitrogens with zero attached hydrogens (tertiary/aromatic N) is 4. The highest BCUT2D eigenvalue weighted by molar-refractivity contribution is 4.95. The molecule has 2 saturated heterocycles. The first-order valence-corrected chi connectivity index (χ1v) is 6.12. The maximum Gasteiger partial charge on any atom is 0.0967 e. The molecule has 16 heavy (non-hydrogen) atoms. The number of hydrogen-bond acceptors (Lipinski definition) is 4. The van der Waals surface area contributed by atoms with Crippen LogP contribution in [-0.2, 0) is 13.6 Å². The molecular formula is C11H19N5. The van der Waals surface area contributed by atoms with Gasteiger partial charge < -0.3 is 5.32 Å². The minimum Gasteiger partial charge on any atom is -0.314 e. The minimum atomic E-state index is 0.776. The third kappa shape index (κ3) is 1.97. The number of piperidine rings is 1. The van der Waals surface area contributed by atoms with Crippen molar-refractivity contribution in [1.82, 2.24) is 25.2 Å². The van der Waals surface area contributed by atoms with Gasteiger partial charge >= 0.3 is 0 Å². The van der Waals surface area contributed by atoms with Crippen LogP contribution in [0.5, 0.6) is 0 Å². The summed E-state index contributed by atoms with van der Waals surface area (Å²) in [4.78, 5) is 2.51. The summed E-state index contributed by atoms with van der Waals surface area (Å²) in [5.74, 6) is 0.852. The predicted octanol–water partition coefficient (Wildman–Crippen LogP) is -0.00110. The Morgan fingerprint density at radius 2 is 2.44 bits per heavy atom. The predicted molar refractivity (Wildman–Crippen MR) is 60.8 cm³/mol. The molecule has 0 bridgehead atoms. The molecular weight excluding hydrogens is 202 g/mol. The zero-order valence-electron chi connectivity index (χ0n) is 9.76. The van der Waals surface area contributed by atoms with Crippen LogP contribution in [0.2, 0.25) is 0 Å². The van der Waals surface area contributed by atoms with E-state index in [4.69, 9.17) is 0 Å². The van der Waals surface area contributed by atoms with Gasteiger partial charge in [-0.2, -0.15) is 0 Å². The van der Waals surface area contributed by atoms with E-state index in [1.165, 1.54) is 32.5 Å². The molecule has 0 aromatic carbocycles. The number of fused-ring (bicyclic) bond motifs is 1. The zero-order chi connectivity index (χ0) is 11.0. The van der Waals surface area contributed by atoms with E-state index in [1.54, 1.807) is 4.68 Å². The van der Waals surface area contributed by atoms with Crippen LogP contribution < -0.4 is 5.32 Å². The highest BCUT2D eigenvalue weighted by Gasteiger charge is 2.32. The molecule has 0 spiro atoms. The summed E-state index contributed by atoms with van der Waals surface area (Å²) in [6.07, 6.45) is 4.63. The van der Waals surface area contributed by atoms with Crippen molar-refractivity contribution in [3.05, 3.63) is 11.9 Å². The van der Waals surface area contributed by atoms with Gasteiger partial charge in [0.1, 0.15) is 0 Å². The van der Waals surface area contributed by atoms with Crippen LogP contribution in [0.15, 0.2) is 6.20 Å². The summed E-state index contributed by atoms with van der Waals surface area (Å²) >= 11 is 0. The molecule has 5 nitrogen and oxygen atoms in total.